The van der Waals surface area contributed by atoms with Crippen LogP contribution in [0.3, 0.4) is 0 Å². The van der Waals surface area contributed by atoms with Crippen molar-refractivity contribution in [3.8, 4) is 5.75 Å². The molecule has 33 heavy (non-hydrogen) atoms. The standard InChI is InChI=1S/C26H25N3O3S/c1-32-20-8-6-7-19(15-20)29-25(30)17-33-24-12-5-3-10-22(24)26(31)27-14-13-18-16-28-23-11-4-2-9-21(18)23/h2-12,15-16,28H,13-14,17H2,1H3,(H,27,31)(H,29,30). The molecule has 4 rings (SSSR count). The summed E-state index contributed by atoms with van der Waals surface area (Å²) in [6.07, 6.45) is 2.72. The van der Waals surface area contributed by atoms with Crippen molar-refractivity contribution in [2.24, 2.45) is 0 Å². The third-order valence-corrected chi connectivity index (χ3v) is 6.27. The minimum atomic E-state index is -0.150. The number of anilines is 1. The third kappa shape index (κ3) is 5.75. The predicted octanol–water partition coefficient (Wildman–Crippen LogP) is 4.88. The number of carbonyl (C=O) groups excluding carboxylic acids is 2. The van der Waals surface area contributed by atoms with E-state index in [9.17, 15) is 9.59 Å². The fraction of sp³-hybridized carbons (Fsp3) is 0.154. The normalized spacial score (nSPS) is 10.7. The van der Waals surface area contributed by atoms with Gasteiger partial charge in [-0.2, -0.15) is 0 Å². The van der Waals surface area contributed by atoms with E-state index in [2.05, 4.69) is 21.7 Å². The number of para-hydroxylation sites is 1. The van der Waals surface area contributed by atoms with Gasteiger partial charge in [-0.3, -0.25) is 9.59 Å². The molecule has 0 aliphatic carbocycles. The molecule has 0 aliphatic heterocycles. The number of aromatic nitrogens is 1. The molecule has 0 fully saturated rings. The number of rotatable bonds is 9. The molecule has 0 saturated heterocycles. The Morgan fingerprint density at radius 3 is 2.70 bits per heavy atom. The molecule has 1 heterocycles. The number of ether oxygens (including phenoxy) is 1. The van der Waals surface area contributed by atoms with Crippen LogP contribution in [-0.4, -0.2) is 36.2 Å². The van der Waals surface area contributed by atoms with Crippen molar-refractivity contribution in [2.75, 3.05) is 24.7 Å². The van der Waals surface area contributed by atoms with Crippen molar-refractivity contribution in [3.63, 3.8) is 0 Å². The van der Waals surface area contributed by atoms with Gasteiger partial charge in [0.05, 0.1) is 18.4 Å². The first-order chi connectivity index (χ1) is 16.1. The van der Waals surface area contributed by atoms with Gasteiger partial charge < -0.3 is 20.4 Å². The van der Waals surface area contributed by atoms with Gasteiger partial charge in [0, 0.05) is 40.3 Å². The van der Waals surface area contributed by atoms with Crippen LogP contribution in [0.15, 0.2) is 83.9 Å². The zero-order valence-electron chi connectivity index (χ0n) is 18.3. The highest BCUT2D eigenvalue weighted by molar-refractivity contribution is 8.00. The van der Waals surface area contributed by atoms with Crippen molar-refractivity contribution in [1.29, 1.82) is 0 Å². The van der Waals surface area contributed by atoms with Gasteiger partial charge in [-0.25, -0.2) is 0 Å². The number of hydrogen-bond acceptors (Lipinski definition) is 4. The summed E-state index contributed by atoms with van der Waals surface area (Å²) in [7, 11) is 1.58. The van der Waals surface area contributed by atoms with Gasteiger partial charge in [0.25, 0.3) is 5.91 Å². The number of nitrogens with one attached hydrogen (secondary N) is 3. The quantitative estimate of drug-likeness (QED) is 0.312. The Bertz CT molecular complexity index is 1270. The lowest BCUT2D eigenvalue weighted by atomic mass is 10.1. The molecule has 3 aromatic carbocycles. The fourth-order valence-corrected chi connectivity index (χ4v) is 4.42. The van der Waals surface area contributed by atoms with E-state index in [1.54, 1.807) is 25.3 Å². The molecule has 0 unspecified atom stereocenters. The number of thioether (sulfide) groups is 1. The van der Waals surface area contributed by atoms with Crippen LogP contribution in [0.25, 0.3) is 10.9 Å². The van der Waals surface area contributed by atoms with Crippen molar-refractivity contribution < 1.29 is 14.3 Å². The summed E-state index contributed by atoms with van der Waals surface area (Å²) < 4.78 is 5.18. The first-order valence-electron chi connectivity index (χ1n) is 10.6. The molecule has 0 spiro atoms. The van der Waals surface area contributed by atoms with E-state index in [0.29, 0.717) is 23.5 Å². The zero-order valence-corrected chi connectivity index (χ0v) is 19.1. The summed E-state index contributed by atoms with van der Waals surface area (Å²) in [5.41, 5.74) is 3.49. The van der Waals surface area contributed by atoms with Crippen LogP contribution in [0.2, 0.25) is 0 Å². The molecule has 0 radical (unpaired) electrons. The Hall–Kier alpha value is -3.71. The number of fused-ring (bicyclic) bond motifs is 1. The molecule has 4 aromatic rings. The van der Waals surface area contributed by atoms with Gasteiger partial charge in [0.2, 0.25) is 5.91 Å². The van der Waals surface area contributed by atoms with Gasteiger partial charge >= 0.3 is 0 Å². The molecule has 6 nitrogen and oxygen atoms in total. The van der Waals surface area contributed by atoms with Gasteiger partial charge in [0.15, 0.2) is 0 Å². The molecule has 1 aromatic heterocycles. The number of carbonyl (C=O) groups is 2. The Balaban J connectivity index is 1.32. The van der Waals surface area contributed by atoms with Crippen LogP contribution in [0, 0.1) is 0 Å². The second kappa shape index (κ2) is 10.7. The highest BCUT2D eigenvalue weighted by atomic mass is 32.2. The first kappa shape index (κ1) is 22.5. The van der Waals surface area contributed by atoms with Crippen molar-refractivity contribution in [2.45, 2.75) is 11.3 Å². The van der Waals surface area contributed by atoms with Gasteiger partial charge in [0.1, 0.15) is 5.75 Å². The van der Waals surface area contributed by atoms with Crippen LogP contribution in [-0.2, 0) is 11.2 Å². The summed E-state index contributed by atoms with van der Waals surface area (Å²) in [4.78, 5) is 29.2. The molecular weight excluding hydrogens is 434 g/mol. The highest BCUT2D eigenvalue weighted by Crippen LogP contribution is 2.24. The van der Waals surface area contributed by atoms with E-state index < -0.39 is 0 Å². The lowest BCUT2D eigenvalue weighted by Crippen LogP contribution is -2.26. The second-order valence-electron chi connectivity index (χ2n) is 7.43. The molecule has 2 amide bonds. The number of aromatic amines is 1. The molecule has 7 heteroatoms. The number of hydrogen-bond donors (Lipinski definition) is 3. The van der Waals surface area contributed by atoms with E-state index in [-0.39, 0.29) is 17.6 Å². The predicted molar refractivity (Wildman–Crippen MR) is 133 cm³/mol. The van der Waals surface area contributed by atoms with Crippen LogP contribution in [0.1, 0.15) is 15.9 Å². The molecule has 3 N–H and O–H groups in total. The topological polar surface area (TPSA) is 83.2 Å². The van der Waals surface area contributed by atoms with Crippen LogP contribution >= 0.6 is 11.8 Å². The van der Waals surface area contributed by atoms with Gasteiger partial charge in [-0.1, -0.05) is 36.4 Å². The molecule has 0 bridgehead atoms. The maximum Gasteiger partial charge on any atom is 0.252 e. The van der Waals surface area contributed by atoms with E-state index in [1.807, 2.05) is 54.7 Å². The summed E-state index contributed by atoms with van der Waals surface area (Å²) in [5, 5.41) is 7.03. The largest absolute Gasteiger partial charge is 0.497 e. The minimum Gasteiger partial charge on any atom is -0.497 e. The first-order valence-corrected chi connectivity index (χ1v) is 11.6. The number of methoxy groups -OCH3 is 1. The molecule has 0 aliphatic rings. The monoisotopic (exact) mass is 459 g/mol. The van der Waals surface area contributed by atoms with Crippen molar-refractivity contribution in [1.82, 2.24) is 10.3 Å². The maximum atomic E-state index is 12.8. The number of benzene rings is 3. The Morgan fingerprint density at radius 1 is 1.00 bits per heavy atom. The molecule has 0 atom stereocenters. The van der Waals surface area contributed by atoms with Crippen molar-refractivity contribution >= 4 is 40.2 Å². The Kier molecular flexibility index (Phi) is 7.32. The highest BCUT2D eigenvalue weighted by Gasteiger charge is 2.13. The molecule has 168 valence electrons. The summed E-state index contributed by atoms with van der Waals surface area (Å²) >= 11 is 1.34. The number of H-pyrrole nitrogens is 1. The van der Waals surface area contributed by atoms with Gasteiger partial charge in [-0.05, 0) is 42.3 Å². The van der Waals surface area contributed by atoms with E-state index in [0.717, 1.165) is 16.8 Å². The minimum absolute atomic E-state index is 0.147. The lowest BCUT2D eigenvalue weighted by Gasteiger charge is -2.10. The summed E-state index contributed by atoms with van der Waals surface area (Å²) in [6, 6.07) is 22.7. The Labute approximate surface area is 196 Å². The van der Waals surface area contributed by atoms with E-state index >= 15 is 0 Å². The summed E-state index contributed by atoms with van der Waals surface area (Å²) in [5.74, 6) is 0.570. The maximum absolute atomic E-state index is 12.8. The van der Waals surface area contributed by atoms with Gasteiger partial charge in [-0.15, -0.1) is 11.8 Å². The average molecular weight is 460 g/mol. The molecular formula is C26H25N3O3S. The third-order valence-electron chi connectivity index (χ3n) is 5.20. The average Bonchev–Trinajstić information content (AvgIpc) is 3.26. The summed E-state index contributed by atoms with van der Waals surface area (Å²) in [6.45, 7) is 0.524. The van der Waals surface area contributed by atoms with Crippen molar-refractivity contribution in [3.05, 3.63) is 90.1 Å². The fourth-order valence-electron chi connectivity index (χ4n) is 3.57. The van der Waals surface area contributed by atoms with Crippen LogP contribution in [0.4, 0.5) is 5.69 Å². The van der Waals surface area contributed by atoms with Crippen LogP contribution in [0.5, 0.6) is 5.75 Å². The van der Waals surface area contributed by atoms with E-state index in [4.69, 9.17) is 4.74 Å². The SMILES string of the molecule is COc1cccc(NC(=O)CSc2ccccc2C(=O)NCCc2c[nH]c3ccccc23)c1. The number of amides is 2. The van der Waals surface area contributed by atoms with Crippen LogP contribution < -0.4 is 15.4 Å². The zero-order chi connectivity index (χ0) is 23.0. The Morgan fingerprint density at radius 2 is 1.82 bits per heavy atom. The van der Waals surface area contributed by atoms with E-state index in [1.165, 1.54) is 22.7 Å². The smallest absolute Gasteiger partial charge is 0.252 e. The lowest BCUT2D eigenvalue weighted by molar-refractivity contribution is -0.113. The second-order valence-corrected chi connectivity index (χ2v) is 8.45. The molecule has 0 saturated carbocycles.